The largest absolute Gasteiger partial charge is 0.588 e. The monoisotopic (exact) mass is 286 g/mol. The molecule has 0 bridgehead atoms. The molecule has 0 unspecified atom stereocenters. The highest BCUT2D eigenvalue weighted by Crippen LogP contribution is 2.32. The van der Waals surface area contributed by atoms with Crippen molar-refractivity contribution in [1.82, 2.24) is 9.13 Å². The van der Waals surface area contributed by atoms with Crippen molar-refractivity contribution in [3.63, 3.8) is 0 Å². The van der Waals surface area contributed by atoms with Gasteiger partial charge in [0.2, 0.25) is 0 Å². The zero-order valence-electron chi connectivity index (χ0n) is 13.3. The summed E-state index contributed by atoms with van der Waals surface area (Å²) >= 11 is 0. The van der Waals surface area contributed by atoms with Crippen molar-refractivity contribution in [2.45, 2.75) is 65.5 Å². The Morgan fingerprint density at radius 2 is 1.11 bits per heavy atom. The van der Waals surface area contributed by atoms with Crippen LogP contribution < -0.4 is 0 Å². The van der Waals surface area contributed by atoms with Crippen LogP contribution in [0.25, 0.3) is 0 Å². The number of nitrogens with zero attached hydrogens (tertiary/aromatic N) is 2. The SMILES string of the molecule is CCC(CC)N1C=CN(C(CC)CC)[Si]1(OC)OC. The molecule has 0 amide bonds. The second kappa shape index (κ2) is 7.31. The van der Waals surface area contributed by atoms with Crippen molar-refractivity contribution in [2.75, 3.05) is 14.2 Å². The van der Waals surface area contributed by atoms with Crippen molar-refractivity contribution in [3.05, 3.63) is 12.4 Å². The number of rotatable bonds is 8. The van der Waals surface area contributed by atoms with Crippen molar-refractivity contribution in [1.29, 1.82) is 0 Å². The Morgan fingerprint density at radius 1 is 0.789 bits per heavy atom. The van der Waals surface area contributed by atoms with Crippen LogP contribution in [-0.4, -0.2) is 44.3 Å². The van der Waals surface area contributed by atoms with Crippen LogP contribution in [0.5, 0.6) is 0 Å². The van der Waals surface area contributed by atoms with E-state index in [-0.39, 0.29) is 0 Å². The lowest BCUT2D eigenvalue weighted by Crippen LogP contribution is -2.66. The van der Waals surface area contributed by atoms with Gasteiger partial charge in [0, 0.05) is 38.7 Å². The predicted molar refractivity (Wildman–Crippen MR) is 81.3 cm³/mol. The van der Waals surface area contributed by atoms with Crippen molar-refractivity contribution < 1.29 is 8.85 Å². The Balaban J connectivity index is 3.07. The molecule has 0 radical (unpaired) electrons. The van der Waals surface area contributed by atoms with Gasteiger partial charge in [0.15, 0.2) is 0 Å². The van der Waals surface area contributed by atoms with E-state index >= 15 is 0 Å². The molecule has 1 aliphatic heterocycles. The van der Waals surface area contributed by atoms with Crippen LogP contribution in [0.2, 0.25) is 0 Å². The molecule has 0 fully saturated rings. The Morgan fingerprint density at radius 3 is 1.32 bits per heavy atom. The minimum Gasteiger partial charge on any atom is -0.365 e. The highest BCUT2D eigenvalue weighted by molar-refractivity contribution is 6.63. The fourth-order valence-corrected chi connectivity index (χ4v) is 6.48. The molecule has 5 heteroatoms. The molecule has 4 nitrogen and oxygen atoms in total. The van der Waals surface area contributed by atoms with Gasteiger partial charge in [-0.25, -0.2) is 0 Å². The third-order valence-corrected chi connectivity index (χ3v) is 7.64. The van der Waals surface area contributed by atoms with Crippen LogP contribution in [0.1, 0.15) is 53.4 Å². The van der Waals surface area contributed by atoms with E-state index < -0.39 is 8.88 Å². The van der Waals surface area contributed by atoms with Crippen molar-refractivity contribution in [2.24, 2.45) is 0 Å². The average Bonchev–Trinajstić information content (AvgIpc) is 2.82. The molecule has 19 heavy (non-hydrogen) atoms. The molecule has 1 heterocycles. The van der Waals surface area contributed by atoms with Crippen LogP contribution in [0.15, 0.2) is 12.4 Å². The summed E-state index contributed by atoms with van der Waals surface area (Å²) in [4.78, 5) is 0. The summed E-state index contributed by atoms with van der Waals surface area (Å²) in [5, 5.41) is 0. The third-order valence-electron chi connectivity index (χ3n) is 4.24. The van der Waals surface area contributed by atoms with E-state index in [4.69, 9.17) is 8.85 Å². The van der Waals surface area contributed by atoms with E-state index in [1.807, 2.05) is 0 Å². The molecular formula is C14H30N2O2Si. The van der Waals surface area contributed by atoms with Crippen molar-refractivity contribution >= 4 is 8.88 Å². The summed E-state index contributed by atoms with van der Waals surface area (Å²) in [5.74, 6) is 0. The highest BCUT2D eigenvalue weighted by atomic mass is 28.4. The Bertz CT molecular complexity index is 263. The van der Waals surface area contributed by atoms with E-state index in [2.05, 4.69) is 49.2 Å². The van der Waals surface area contributed by atoms with Gasteiger partial charge in [-0.1, -0.05) is 27.7 Å². The van der Waals surface area contributed by atoms with Crippen LogP contribution >= 0.6 is 0 Å². The van der Waals surface area contributed by atoms with Gasteiger partial charge in [0.25, 0.3) is 0 Å². The normalized spacial score (nSPS) is 18.1. The maximum Gasteiger partial charge on any atom is 0.588 e. The molecule has 1 rings (SSSR count). The quantitative estimate of drug-likeness (QED) is 0.640. The molecule has 0 aromatic carbocycles. The van der Waals surface area contributed by atoms with E-state index in [1.54, 1.807) is 14.2 Å². The van der Waals surface area contributed by atoms with E-state index in [9.17, 15) is 0 Å². The molecule has 0 saturated carbocycles. The fourth-order valence-electron chi connectivity index (χ4n) is 3.04. The van der Waals surface area contributed by atoms with E-state index in [1.165, 1.54) is 0 Å². The molecule has 1 aliphatic rings. The summed E-state index contributed by atoms with van der Waals surface area (Å²) in [5.41, 5.74) is 0. The molecule has 112 valence electrons. The second-order valence-corrected chi connectivity index (χ2v) is 7.96. The van der Waals surface area contributed by atoms with Gasteiger partial charge in [-0.05, 0) is 25.7 Å². The van der Waals surface area contributed by atoms with Crippen LogP contribution in [0.4, 0.5) is 0 Å². The van der Waals surface area contributed by atoms with E-state index in [0.29, 0.717) is 12.1 Å². The molecule has 0 aromatic heterocycles. The maximum absolute atomic E-state index is 5.95. The van der Waals surface area contributed by atoms with Crippen LogP contribution in [0.3, 0.4) is 0 Å². The molecule has 0 aliphatic carbocycles. The van der Waals surface area contributed by atoms with Gasteiger partial charge in [-0.15, -0.1) is 0 Å². The Kier molecular flexibility index (Phi) is 6.36. The molecule has 0 atom stereocenters. The van der Waals surface area contributed by atoms with Gasteiger partial charge < -0.3 is 18.0 Å². The van der Waals surface area contributed by atoms with Crippen LogP contribution in [0, 0.1) is 0 Å². The molecule has 0 spiro atoms. The summed E-state index contributed by atoms with van der Waals surface area (Å²) < 4.78 is 16.6. The first kappa shape index (κ1) is 16.5. The highest BCUT2D eigenvalue weighted by Gasteiger charge is 2.56. The molecule has 0 saturated heterocycles. The van der Waals surface area contributed by atoms with E-state index in [0.717, 1.165) is 25.7 Å². The van der Waals surface area contributed by atoms with Gasteiger partial charge >= 0.3 is 8.88 Å². The zero-order valence-corrected chi connectivity index (χ0v) is 14.3. The first-order valence-electron chi connectivity index (χ1n) is 7.50. The standard InChI is InChI=1S/C14H30N2O2Si/c1-7-13(8-2)15-11-12-16(14(9-3)10-4)19(15,17-5)18-6/h11-14H,7-10H2,1-6H3. The summed E-state index contributed by atoms with van der Waals surface area (Å²) in [7, 11) is 1.08. The Hall–Kier alpha value is -0.523. The molecule has 0 N–H and O–H groups in total. The molecule has 0 aromatic rings. The van der Waals surface area contributed by atoms with Crippen molar-refractivity contribution in [3.8, 4) is 0 Å². The lowest BCUT2D eigenvalue weighted by Gasteiger charge is -2.44. The second-order valence-electron chi connectivity index (χ2n) is 5.01. The lowest BCUT2D eigenvalue weighted by atomic mass is 10.2. The first-order chi connectivity index (χ1) is 9.14. The molecular weight excluding hydrogens is 256 g/mol. The summed E-state index contributed by atoms with van der Waals surface area (Å²) in [6, 6.07) is 0.976. The predicted octanol–water partition coefficient (Wildman–Crippen LogP) is 3.18. The first-order valence-corrected chi connectivity index (χ1v) is 9.21. The number of hydrogen-bond donors (Lipinski definition) is 0. The average molecular weight is 286 g/mol. The summed E-state index contributed by atoms with van der Waals surface area (Å²) in [6.07, 6.45) is 8.79. The fraction of sp³-hybridized carbons (Fsp3) is 0.857. The number of hydrogen-bond acceptors (Lipinski definition) is 4. The van der Waals surface area contributed by atoms with Gasteiger partial charge in [-0.2, -0.15) is 0 Å². The smallest absolute Gasteiger partial charge is 0.365 e. The topological polar surface area (TPSA) is 24.9 Å². The summed E-state index contributed by atoms with van der Waals surface area (Å²) in [6.45, 7) is 8.91. The Labute approximate surface area is 119 Å². The van der Waals surface area contributed by atoms with Gasteiger partial charge in [-0.3, -0.25) is 0 Å². The lowest BCUT2D eigenvalue weighted by molar-refractivity contribution is 0.109. The van der Waals surface area contributed by atoms with Gasteiger partial charge in [0.05, 0.1) is 0 Å². The minimum atomic E-state index is -2.49. The zero-order chi connectivity index (χ0) is 14.5. The van der Waals surface area contributed by atoms with Gasteiger partial charge in [0.1, 0.15) is 0 Å². The third kappa shape index (κ3) is 2.83. The van der Waals surface area contributed by atoms with Crippen LogP contribution in [-0.2, 0) is 8.85 Å². The minimum absolute atomic E-state index is 0.488. The maximum atomic E-state index is 5.95.